The molecule has 1 rings (SSSR count). The molecule has 1 saturated heterocycles. The molecule has 0 spiro atoms. The molecule has 0 aliphatic carbocycles. The standard InChI is InChI=1S/C10H21NO/c1-10(2,3)7-9-6-8(11)4-5-12-9/h8-9H,4-7,11H2,1-3H3. The summed E-state index contributed by atoms with van der Waals surface area (Å²) in [5.41, 5.74) is 6.23. The van der Waals surface area contributed by atoms with Crippen molar-refractivity contribution in [1.82, 2.24) is 0 Å². The van der Waals surface area contributed by atoms with E-state index in [4.69, 9.17) is 10.5 Å². The van der Waals surface area contributed by atoms with Gasteiger partial charge in [0.15, 0.2) is 0 Å². The fourth-order valence-electron chi connectivity index (χ4n) is 1.73. The minimum absolute atomic E-state index is 0.363. The Balaban J connectivity index is 2.32. The predicted molar refractivity (Wildman–Crippen MR) is 51.0 cm³/mol. The van der Waals surface area contributed by atoms with Crippen LogP contribution in [0.5, 0.6) is 0 Å². The second kappa shape index (κ2) is 3.75. The van der Waals surface area contributed by atoms with E-state index in [1.165, 1.54) is 0 Å². The molecule has 2 unspecified atom stereocenters. The average Bonchev–Trinajstić information content (AvgIpc) is 1.82. The SMILES string of the molecule is CC(C)(C)CC1CC(N)CCO1. The molecular weight excluding hydrogens is 150 g/mol. The van der Waals surface area contributed by atoms with Crippen LogP contribution in [0.15, 0.2) is 0 Å². The fourth-order valence-corrected chi connectivity index (χ4v) is 1.73. The van der Waals surface area contributed by atoms with E-state index < -0.39 is 0 Å². The topological polar surface area (TPSA) is 35.2 Å². The Kier molecular flexibility index (Phi) is 3.13. The van der Waals surface area contributed by atoms with Gasteiger partial charge in [0.2, 0.25) is 0 Å². The van der Waals surface area contributed by atoms with E-state index >= 15 is 0 Å². The van der Waals surface area contributed by atoms with Gasteiger partial charge in [-0.2, -0.15) is 0 Å². The van der Waals surface area contributed by atoms with Crippen molar-refractivity contribution in [1.29, 1.82) is 0 Å². The number of ether oxygens (including phenoxy) is 1. The Bertz CT molecular complexity index is 139. The van der Waals surface area contributed by atoms with Crippen molar-refractivity contribution in [3.8, 4) is 0 Å². The first kappa shape index (κ1) is 10.0. The molecule has 2 heteroatoms. The summed E-state index contributed by atoms with van der Waals surface area (Å²) in [4.78, 5) is 0. The van der Waals surface area contributed by atoms with Crippen molar-refractivity contribution in [3.05, 3.63) is 0 Å². The van der Waals surface area contributed by atoms with Crippen molar-refractivity contribution in [2.75, 3.05) is 6.61 Å². The zero-order valence-corrected chi connectivity index (χ0v) is 8.47. The number of nitrogens with two attached hydrogens (primary N) is 1. The molecule has 1 aliphatic rings. The fraction of sp³-hybridized carbons (Fsp3) is 1.00. The van der Waals surface area contributed by atoms with E-state index in [2.05, 4.69) is 20.8 Å². The number of rotatable bonds is 1. The minimum Gasteiger partial charge on any atom is -0.378 e. The van der Waals surface area contributed by atoms with Crippen LogP contribution in [0.25, 0.3) is 0 Å². The Morgan fingerprint density at radius 3 is 2.58 bits per heavy atom. The van der Waals surface area contributed by atoms with E-state index in [1.54, 1.807) is 0 Å². The first-order valence-electron chi connectivity index (χ1n) is 4.84. The van der Waals surface area contributed by atoms with Gasteiger partial charge in [0.1, 0.15) is 0 Å². The van der Waals surface area contributed by atoms with Crippen LogP contribution >= 0.6 is 0 Å². The Hall–Kier alpha value is -0.0800. The second-order valence-electron chi connectivity index (χ2n) is 5.04. The van der Waals surface area contributed by atoms with E-state index in [0.29, 0.717) is 17.6 Å². The summed E-state index contributed by atoms with van der Waals surface area (Å²) < 4.78 is 5.64. The molecule has 0 aromatic carbocycles. The summed E-state index contributed by atoms with van der Waals surface area (Å²) in [6.45, 7) is 7.59. The van der Waals surface area contributed by atoms with Crippen LogP contribution < -0.4 is 5.73 Å². The largest absolute Gasteiger partial charge is 0.378 e. The summed E-state index contributed by atoms with van der Waals surface area (Å²) in [5, 5.41) is 0. The van der Waals surface area contributed by atoms with E-state index in [-0.39, 0.29) is 0 Å². The third-order valence-electron chi connectivity index (χ3n) is 2.25. The zero-order chi connectivity index (χ0) is 9.19. The predicted octanol–water partition coefficient (Wildman–Crippen LogP) is 1.93. The lowest BCUT2D eigenvalue weighted by Gasteiger charge is -2.31. The molecule has 0 aromatic rings. The lowest BCUT2D eigenvalue weighted by atomic mass is 9.86. The molecule has 0 aromatic heterocycles. The van der Waals surface area contributed by atoms with Crippen molar-refractivity contribution >= 4 is 0 Å². The molecule has 72 valence electrons. The normalized spacial score (nSPS) is 32.0. The molecule has 0 amide bonds. The molecule has 2 atom stereocenters. The van der Waals surface area contributed by atoms with Crippen LogP contribution in [0.4, 0.5) is 0 Å². The van der Waals surface area contributed by atoms with Gasteiger partial charge in [-0.15, -0.1) is 0 Å². The van der Waals surface area contributed by atoms with E-state index in [9.17, 15) is 0 Å². The van der Waals surface area contributed by atoms with Gasteiger partial charge in [-0.1, -0.05) is 20.8 Å². The maximum Gasteiger partial charge on any atom is 0.0594 e. The van der Waals surface area contributed by atoms with Crippen LogP contribution in [-0.4, -0.2) is 18.8 Å². The Labute approximate surface area is 75.5 Å². The molecule has 0 radical (unpaired) electrons. The maximum atomic E-state index is 5.86. The van der Waals surface area contributed by atoms with Crippen LogP contribution in [0.2, 0.25) is 0 Å². The van der Waals surface area contributed by atoms with Crippen LogP contribution in [0.3, 0.4) is 0 Å². The Morgan fingerprint density at radius 1 is 1.42 bits per heavy atom. The van der Waals surface area contributed by atoms with Gasteiger partial charge in [0.05, 0.1) is 6.10 Å². The summed E-state index contributed by atoms with van der Waals surface area (Å²) in [5.74, 6) is 0. The van der Waals surface area contributed by atoms with Gasteiger partial charge in [-0.25, -0.2) is 0 Å². The quantitative estimate of drug-likeness (QED) is 0.654. The Morgan fingerprint density at radius 2 is 2.08 bits per heavy atom. The molecule has 1 heterocycles. The molecule has 2 nitrogen and oxygen atoms in total. The van der Waals surface area contributed by atoms with Gasteiger partial charge in [0, 0.05) is 12.6 Å². The third kappa shape index (κ3) is 3.55. The molecule has 0 bridgehead atoms. The number of hydrogen-bond acceptors (Lipinski definition) is 2. The monoisotopic (exact) mass is 171 g/mol. The summed E-state index contributed by atoms with van der Waals surface area (Å²) in [7, 11) is 0. The highest BCUT2D eigenvalue weighted by atomic mass is 16.5. The average molecular weight is 171 g/mol. The van der Waals surface area contributed by atoms with Gasteiger partial charge >= 0.3 is 0 Å². The zero-order valence-electron chi connectivity index (χ0n) is 8.47. The van der Waals surface area contributed by atoms with Gasteiger partial charge < -0.3 is 10.5 Å². The maximum absolute atomic E-state index is 5.86. The van der Waals surface area contributed by atoms with Gasteiger partial charge in [0.25, 0.3) is 0 Å². The molecule has 1 aliphatic heterocycles. The van der Waals surface area contributed by atoms with Crippen molar-refractivity contribution < 1.29 is 4.74 Å². The van der Waals surface area contributed by atoms with Crippen molar-refractivity contribution in [2.45, 2.75) is 52.2 Å². The molecular formula is C10H21NO. The van der Waals surface area contributed by atoms with Gasteiger partial charge in [-0.05, 0) is 24.7 Å². The molecule has 1 fully saturated rings. The van der Waals surface area contributed by atoms with Crippen molar-refractivity contribution in [2.24, 2.45) is 11.1 Å². The smallest absolute Gasteiger partial charge is 0.0594 e. The first-order chi connectivity index (χ1) is 5.47. The minimum atomic E-state index is 0.363. The highest BCUT2D eigenvalue weighted by molar-refractivity contribution is 4.77. The lowest BCUT2D eigenvalue weighted by molar-refractivity contribution is -0.0140. The van der Waals surface area contributed by atoms with Crippen LogP contribution in [0, 0.1) is 5.41 Å². The van der Waals surface area contributed by atoms with Crippen molar-refractivity contribution in [3.63, 3.8) is 0 Å². The van der Waals surface area contributed by atoms with Gasteiger partial charge in [-0.3, -0.25) is 0 Å². The van der Waals surface area contributed by atoms with Crippen LogP contribution in [-0.2, 0) is 4.74 Å². The molecule has 0 saturated carbocycles. The first-order valence-corrected chi connectivity index (χ1v) is 4.84. The van der Waals surface area contributed by atoms with E-state index in [0.717, 1.165) is 25.9 Å². The van der Waals surface area contributed by atoms with Crippen LogP contribution in [0.1, 0.15) is 40.0 Å². The van der Waals surface area contributed by atoms with E-state index in [1.807, 2.05) is 0 Å². The highest BCUT2D eigenvalue weighted by Crippen LogP contribution is 2.26. The number of hydrogen-bond donors (Lipinski definition) is 1. The molecule has 12 heavy (non-hydrogen) atoms. The second-order valence-corrected chi connectivity index (χ2v) is 5.04. The highest BCUT2D eigenvalue weighted by Gasteiger charge is 2.24. The third-order valence-corrected chi connectivity index (χ3v) is 2.25. The summed E-state index contributed by atoms with van der Waals surface area (Å²) >= 11 is 0. The summed E-state index contributed by atoms with van der Waals surface area (Å²) in [6, 6.07) is 0.367. The summed E-state index contributed by atoms with van der Waals surface area (Å²) in [6.07, 6.45) is 3.59. The lowest BCUT2D eigenvalue weighted by Crippen LogP contribution is -2.36. The molecule has 2 N–H and O–H groups in total.